The van der Waals surface area contributed by atoms with Gasteiger partial charge < -0.3 is 15.0 Å². The second-order valence-corrected chi connectivity index (χ2v) is 6.24. The van der Waals surface area contributed by atoms with Crippen LogP contribution in [0.4, 0.5) is 0 Å². The third kappa shape index (κ3) is 20.4. The van der Waals surface area contributed by atoms with E-state index in [1.165, 1.54) is 51.4 Å². The Balaban J connectivity index is 0. The molecule has 0 saturated heterocycles. The van der Waals surface area contributed by atoms with Crippen molar-refractivity contribution in [1.82, 2.24) is 0 Å². The van der Waals surface area contributed by atoms with Crippen LogP contribution < -0.4 is 34.7 Å². The second-order valence-electron chi connectivity index (χ2n) is 6.24. The number of aliphatic hydroxyl groups excluding tert-OH is 1. The number of carboxylic acid groups (broad SMARTS) is 1. The number of carbonyl (C=O) groups is 1. The molecule has 0 aliphatic rings. The summed E-state index contributed by atoms with van der Waals surface area (Å²) >= 11 is 0. The number of aliphatic carboxylic acids is 1. The Hall–Kier alpha value is 0.430. The van der Waals surface area contributed by atoms with Gasteiger partial charge in [0.2, 0.25) is 0 Å². The van der Waals surface area contributed by atoms with Gasteiger partial charge in [0.25, 0.3) is 0 Å². The minimum Gasteiger partial charge on any atom is -0.550 e. The molecule has 3 nitrogen and oxygen atoms in total. The predicted molar refractivity (Wildman–Crippen MR) is 85.9 cm³/mol. The number of unbranched alkanes of at least 4 members (excludes halogenated alkanes) is 10. The molecule has 0 bridgehead atoms. The molecule has 0 aliphatic heterocycles. The number of hydrogen-bond acceptors (Lipinski definition) is 3. The van der Waals surface area contributed by atoms with Gasteiger partial charge in [-0.25, -0.2) is 0 Å². The van der Waals surface area contributed by atoms with Gasteiger partial charge in [-0.1, -0.05) is 77.6 Å². The van der Waals surface area contributed by atoms with Crippen LogP contribution in [0, 0.1) is 0 Å². The first-order valence-corrected chi connectivity index (χ1v) is 9.04. The van der Waals surface area contributed by atoms with E-state index < -0.39 is 5.97 Å². The normalized spacial score (nSPS) is 11.9. The molecule has 0 aromatic carbocycles. The fraction of sp³-hybridized carbons (Fsp3) is 0.944. The molecule has 0 radical (unpaired) electrons. The van der Waals surface area contributed by atoms with E-state index in [2.05, 4.69) is 6.92 Å². The minimum absolute atomic E-state index is 0. The van der Waals surface area contributed by atoms with Gasteiger partial charge in [0.05, 0.1) is 6.10 Å². The average Bonchev–Trinajstić information content (AvgIpc) is 2.45. The van der Waals surface area contributed by atoms with Crippen LogP contribution in [0.5, 0.6) is 0 Å². The van der Waals surface area contributed by atoms with Crippen LogP contribution in [0.1, 0.15) is 103 Å². The molecule has 126 valence electrons. The summed E-state index contributed by atoms with van der Waals surface area (Å²) in [6, 6.07) is 0. The summed E-state index contributed by atoms with van der Waals surface area (Å²) in [6.45, 7) is 2.24. The first-order valence-electron chi connectivity index (χ1n) is 9.04. The van der Waals surface area contributed by atoms with Crippen molar-refractivity contribution in [3.63, 3.8) is 0 Å². The number of rotatable bonds is 16. The Morgan fingerprint density at radius 3 is 1.68 bits per heavy atom. The number of carboxylic acids is 1. The van der Waals surface area contributed by atoms with Crippen LogP contribution in [0.3, 0.4) is 0 Å². The van der Waals surface area contributed by atoms with E-state index >= 15 is 0 Å². The predicted octanol–water partition coefficient (Wildman–Crippen LogP) is 0.973. The molecule has 1 atom stereocenters. The molecule has 0 rings (SSSR count). The maximum Gasteiger partial charge on any atom is 1.00 e. The zero-order chi connectivity index (χ0) is 15.8. The Kier molecular flexibility index (Phi) is 21.8. The summed E-state index contributed by atoms with van der Waals surface area (Å²) in [5.41, 5.74) is 0. The van der Waals surface area contributed by atoms with Gasteiger partial charge in [0.15, 0.2) is 0 Å². The standard InChI is InChI=1S/C18H36O3.Na/c1-2-3-4-5-6-7-8-9-11-14-17(19)15-12-10-13-16-18(20)21;/h17,19H,2-16H2,1H3,(H,20,21);/q;+1/p-1. The van der Waals surface area contributed by atoms with Gasteiger partial charge in [0.1, 0.15) is 0 Å². The summed E-state index contributed by atoms with van der Waals surface area (Å²) < 4.78 is 0. The molecule has 0 fully saturated rings. The van der Waals surface area contributed by atoms with Crippen molar-refractivity contribution in [2.45, 2.75) is 109 Å². The van der Waals surface area contributed by atoms with E-state index in [0.717, 1.165) is 32.1 Å². The maximum atomic E-state index is 10.2. The van der Waals surface area contributed by atoms with Gasteiger partial charge in [-0.3, -0.25) is 0 Å². The van der Waals surface area contributed by atoms with Crippen LogP contribution in [0.2, 0.25) is 0 Å². The third-order valence-electron chi connectivity index (χ3n) is 4.06. The van der Waals surface area contributed by atoms with E-state index in [-0.39, 0.29) is 42.1 Å². The van der Waals surface area contributed by atoms with Crippen LogP contribution in [0.15, 0.2) is 0 Å². The van der Waals surface area contributed by atoms with Crippen LogP contribution in [0.25, 0.3) is 0 Å². The van der Waals surface area contributed by atoms with Gasteiger partial charge in [0, 0.05) is 5.97 Å². The van der Waals surface area contributed by atoms with Crippen molar-refractivity contribution in [1.29, 1.82) is 0 Å². The summed E-state index contributed by atoms with van der Waals surface area (Å²) in [5, 5.41) is 20.1. The van der Waals surface area contributed by atoms with Crippen molar-refractivity contribution < 1.29 is 44.6 Å². The van der Waals surface area contributed by atoms with E-state index in [0.29, 0.717) is 6.42 Å². The number of aliphatic hydroxyl groups is 1. The molecule has 0 aromatic heterocycles. The average molecular weight is 322 g/mol. The summed E-state index contributed by atoms with van der Waals surface area (Å²) in [7, 11) is 0. The molecule has 0 saturated carbocycles. The largest absolute Gasteiger partial charge is 1.00 e. The molecule has 0 amide bonds. The van der Waals surface area contributed by atoms with Crippen molar-refractivity contribution in [2.24, 2.45) is 0 Å². The molecule has 22 heavy (non-hydrogen) atoms. The molecule has 0 aromatic rings. The summed E-state index contributed by atoms with van der Waals surface area (Å²) in [4.78, 5) is 10.2. The first kappa shape index (κ1) is 24.7. The maximum absolute atomic E-state index is 10.2. The van der Waals surface area contributed by atoms with Crippen molar-refractivity contribution >= 4 is 5.97 Å². The quantitative estimate of drug-likeness (QED) is 0.340. The number of hydrogen-bond donors (Lipinski definition) is 1. The van der Waals surface area contributed by atoms with Crippen LogP contribution >= 0.6 is 0 Å². The second kappa shape index (κ2) is 19.5. The van der Waals surface area contributed by atoms with E-state index in [4.69, 9.17) is 0 Å². The summed E-state index contributed by atoms with van der Waals surface area (Å²) in [6.07, 6.45) is 15.9. The number of carbonyl (C=O) groups excluding carboxylic acids is 1. The Morgan fingerprint density at radius 1 is 0.818 bits per heavy atom. The fourth-order valence-corrected chi connectivity index (χ4v) is 2.66. The molecule has 0 spiro atoms. The molecule has 1 N–H and O–H groups in total. The van der Waals surface area contributed by atoms with Crippen LogP contribution in [-0.2, 0) is 4.79 Å². The topological polar surface area (TPSA) is 60.4 Å². The van der Waals surface area contributed by atoms with E-state index in [9.17, 15) is 15.0 Å². The Labute approximate surface area is 159 Å². The van der Waals surface area contributed by atoms with Crippen molar-refractivity contribution in [2.75, 3.05) is 0 Å². The van der Waals surface area contributed by atoms with Gasteiger partial charge in [-0.15, -0.1) is 0 Å². The van der Waals surface area contributed by atoms with Gasteiger partial charge >= 0.3 is 29.6 Å². The van der Waals surface area contributed by atoms with E-state index in [1.54, 1.807) is 0 Å². The van der Waals surface area contributed by atoms with E-state index in [1.807, 2.05) is 0 Å². The molecular weight excluding hydrogens is 287 g/mol. The first-order chi connectivity index (χ1) is 10.2. The van der Waals surface area contributed by atoms with Crippen molar-refractivity contribution in [3.05, 3.63) is 0 Å². The zero-order valence-electron chi connectivity index (χ0n) is 14.9. The van der Waals surface area contributed by atoms with Crippen molar-refractivity contribution in [3.8, 4) is 0 Å². The van der Waals surface area contributed by atoms with Crippen LogP contribution in [-0.4, -0.2) is 17.2 Å². The SMILES string of the molecule is CCCCCCCCCCCC(O)CCCCCC(=O)[O-].[Na+]. The zero-order valence-corrected chi connectivity index (χ0v) is 16.9. The smallest absolute Gasteiger partial charge is 0.550 e. The third-order valence-corrected chi connectivity index (χ3v) is 4.06. The Bertz CT molecular complexity index is 234. The molecule has 0 heterocycles. The Morgan fingerprint density at radius 2 is 1.23 bits per heavy atom. The molecular formula is C18H35NaO3. The molecule has 1 unspecified atom stereocenters. The van der Waals surface area contributed by atoms with Gasteiger partial charge in [-0.05, 0) is 25.7 Å². The fourth-order valence-electron chi connectivity index (χ4n) is 2.66. The minimum atomic E-state index is -0.967. The molecule has 4 heteroatoms. The van der Waals surface area contributed by atoms with Gasteiger partial charge in [-0.2, -0.15) is 0 Å². The summed E-state index contributed by atoms with van der Waals surface area (Å²) in [5.74, 6) is -0.967. The molecule has 0 aliphatic carbocycles. The monoisotopic (exact) mass is 322 g/mol.